The number of hydrogen-bond acceptors (Lipinski definition) is 4. The van der Waals surface area contributed by atoms with E-state index < -0.39 is 6.04 Å². The number of amides is 2. The number of nitrogens with one attached hydrogen (secondary N) is 2. The van der Waals surface area contributed by atoms with E-state index in [1.54, 1.807) is 66.1 Å². The Bertz CT molecular complexity index is 925. The summed E-state index contributed by atoms with van der Waals surface area (Å²) in [6.45, 7) is 3.66. The maximum absolute atomic E-state index is 12.3. The van der Waals surface area contributed by atoms with Gasteiger partial charge in [0.25, 0.3) is 5.91 Å². The molecule has 8 nitrogen and oxygen atoms in total. The van der Waals surface area contributed by atoms with E-state index in [9.17, 15) is 9.59 Å². The molecule has 8 heteroatoms. The van der Waals surface area contributed by atoms with Gasteiger partial charge in [0, 0.05) is 30.8 Å². The fraction of sp³-hybridized carbons (Fsp3) is 0.222. The fourth-order valence-electron chi connectivity index (χ4n) is 2.38. The molecule has 0 saturated carbocycles. The standard InChI is InChI=1S/C18H20N6O2/c1-12-8-11-24(21-12)13(2)17(25)19-14-4-6-15(7-5-14)20-18(26)16-9-10-23(3)22-16/h4-11,13H,1-3H3,(H,19,25)(H,20,26). The molecule has 3 aromatic rings. The summed E-state index contributed by atoms with van der Waals surface area (Å²) in [4.78, 5) is 24.4. The second kappa shape index (κ2) is 7.22. The Morgan fingerprint density at radius 1 is 0.962 bits per heavy atom. The summed E-state index contributed by atoms with van der Waals surface area (Å²) in [5, 5.41) is 13.9. The second-order valence-corrected chi connectivity index (χ2v) is 6.01. The molecule has 2 aromatic heterocycles. The minimum atomic E-state index is -0.424. The van der Waals surface area contributed by atoms with Gasteiger partial charge in [0.2, 0.25) is 5.91 Å². The van der Waals surface area contributed by atoms with Crippen molar-refractivity contribution in [3.8, 4) is 0 Å². The van der Waals surface area contributed by atoms with Crippen LogP contribution in [-0.4, -0.2) is 31.4 Å². The van der Waals surface area contributed by atoms with Crippen LogP contribution >= 0.6 is 0 Å². The Morgan fingerprint density at radius 2 is 1.62 bits per heavy atom. The highest BCUT2D eigenvalue weighted by molar-refractivity contribution is 6.03. The number of benzene rings is 1. The third-order valence-electron chi connectivity index (χ3n) is 3.87. The first kappa shape index (κ1) is 17.4. The zero-order valence-electron chi connectivity index (χ0n) is 14.8. The van der Waals surface area contributed by atoms with E-state index in [0.29, 0.717) is 17.1 Å². The summed E-state index contributed by atoms with van der Waals surface area (Å²) >= 11 is 0. The van der Waals surface area contributed by atoms with Crippen LogP contribution in [0.5, 0.6) is 0 Å². The van der Waals surface area contributed by atoms with Crippen molar-refractivity contribution in [1.82, 2.24) is 19.6 Å². The van der Waals surface area contributed by atoms with Gasteiger partial charge in [-0.2, -0.15) is 10.2 Å². The lowest BCUT2D eigenvalue weighted by atomic mass is 10.2. The first-order valence-corrected chi connectivity index (χ1v) is 8.16. The van der Waals surface area contributed by atoms with E-state index in [0.717, 1.165) is 5.69 Å². The number of rotatable bonds is 5. The second-order valence-electron chi connectivity index (χ2n) is 6.01. The molecule has 0 aliphatic carbocycles. The molecule has 0 aliphatic rings. The Balaban J connectivity index is 1.60. The number of anilines is 2. The van der Waals surface area contributed by atoms with Gasteiger partial charge in [-0.05, 0) is 50.2 Å². The van der Waals surface area contributed by atoms with Crippen molar-refractivity contribution in [1.29, 1.82) is 0 Å². The van der Waals surface area contributed by atoms with Gasteiger partial charge in [-0.15, -0.1) is 0 Å². The highest BCUT2D eigenvalue weighted by Crippen LogP contribution is 2.16. The molecule has 0 spiro atoms. The quantitative estimate of drug-likeness (QED) is 0.737. The molecular formula is C18H20N6O2. The first-order chi connectivity index (χ1) is 12.4. The van der Waals surface area contributed by atoms with Crippen molar-refractivity contribution in [3.05, 3.63) is 60.2 Å². The van der Waals surface area contributed by atoms with Gasteiger partial charge in [0.05, 0.1) is 5.69 Å². The molecule has 1 atom stereocenters. The number of carbonyl (C=O) groups is 2. The molecule has 0 aliphatic heterocycles. The third-order valence-corrected chi connectivity index (χ3v) is 3.87. The van der Waals surface area contributed by atoms with Crippen LogP contribution in [-0.2, 0) is 11.8 Å². The molecule has 2 heterocycles. The first-order valence-electron chi connectivity index (χ1n) is 8.16. The van der Waals surface area contributed by atoms with Crippen LogP contribution in [0.2, 0.25) is 0 Å². The molecule has 1 unspecified atom stereocenters. The maximum atomic E-state index is 12.3. The van der Waals surface area contributed by atoms with Crippen molar-refractivity contribution >= 4 is 23.2 Å². The largest absolute Gasteiger partial charge is 0.324 e. The molecular weight excluding hydrogens is 332 g/mol. The summed E-state index contributed by atoms with van der Waals surface area (Å²) in [5.74, 6) is -0.455. The predicted molar refractivity (Wildman–Crippen MR) is 97.9 cm³/mol. The van der Waals surface area contributed by atoms with Gasteiger partial charge < -0.3 is 10.6 Å². The summed E-state index contributed by atoms with van der Waals surface area (Å²) < 4.78 is 3.18. The zero-order valence-corrected chi connectivity index (χ0v) is 14.8. The number of aromatic nitrogens is 4. The number of aryl methyl sites for hydroxylation is 2. The monoisotopic (exact) mass is 352 g/mol. The Labute approximate surface area is 150 Å². The Kier molecular flexibility index (Phi) is 4.83. The SMILES string of the molecule is Cc1ccn(C(C)C(=O)Nc2ccc(NC(=O)c3ccn(C)n3)cc2)n1. The summed E-state index contributed by atoms with van der Waals surface area (Å²) in [7, 11) is 1.75. The molecule has 0 fully saturated rings. The molecule has 26 heavy (non-hydrogen) atoms. The highest BCUT2D eigenvalue weighted by Gasteiger charge is 2.16. The van der Waals surface area contributed by atoms with Crippen LogP contribution in [0, 0.1) is 6.92 Å². The molecule has 2 N–H and O–H groups in total. The van der Waals surface area contributed by atoms with Gasteiger partial charge in [-0.3, -0.25) is 19.0 Å². The van der Waals surface area contributed by atoms with E-state index in [4.69, 9.17) is 0 Å². The zero-order chi connectivity index (χ0) is 18.7. The van der Waals surface area contributed by atoms with Crippen LogP contribution in [0.1, 0.15) is 29.1 Å². The van der Waals surface area contributed by atoms with E-state index in [2.05, 4.69) is 20.8 Å². The number of hydrogen-bond donors (Lipinski definition) is 2. The van der Waals surface area contributed by atoms with E-state index in [1.165, 1.54) is 0 Å². The lowest BCUT2D eigenvalue weighted by molar-refractivity contribution is -0.119. The summed E-state index contributed by atoms with van der Waals surface area (Å²) in [6.07, 6.45) is 3.48. The van der Waals surface area contributed by atoms with Gasteiger partial charge in [-0.1, -0.05) is 0 Å². The smallest absolute Gasteiger partial charge is 0.276 e. The van der Waals surface area contributed by atoms with Crippen LogP contribution in [0.3, 0.4) is 0 Å². The third kappa shape index (κ3) is 3.97. The molecule has 1 aromatic carbocycles. The van der Waals surface area contributed by atoms with Gasteiger partial charge in [0.15, 0.2) is 5.69 Å². The van der Waals surface area contributed by atoms with Crippen molar-refractivity contribution in [3.63, 3.8) is 0 Å². The highest BCUT2D eigenvalue weighted by atomic mass is 16.2. The van der Waals surface area contributed by atoms with Crippen LogP contribution in [0.4, 0.5) is 11.4 Å². The molecule has 2 amide bonds. The normalized spacial score (nSPS) is 11.8. The Morgan fingerprint density at radius 3 is 2.15 bits per heavy atom. The van der Waals surface area contributed by atoms with Gasteiger partial charge >= 0.3 is 0 Å². The fourth-order valence-corrected chi connectivity index (χ4v) is 2.38. The van der Waals surface area contributed by atoms with Crippen molar-refractivity contribution in [2.45, 2.75) is 19.9 Å². The van der Waals surface area contributed by atoms with Gasteiger partial charge in [0.1, 0.15) is 6.04 Å². The summed E-state index contributed by atoms with van der Waals surface area (Å²) in [5.41, 5.74) is 2.46. The van der Waals surface area contributed by atoms with E-state index in [1.807, 2.05) is 13.0 Å². The van der Waals surface area contributed by atoms with Gasteiger partial charge in [-0.25, -0.2) is 0 Å². The van der Waals surface area contributed by atoms with Crippen LogP contribution < -0.4 is 10.6 Å². The van der Waals surface area contributed by atoms with Crippen LogP contribution in [0.25, 0.3) is 0 Å². The molecule has 0 saturated heterocycles. The topological polar surface area (TPSA) is 93.8 Å². The number of carbonyl (C=O) groups excluding carboxylic acids is 2. The van der Waals surface area contributed by atoms with Crippen molar-refractivity contribution in [2.75, 3.05) is 10.6 Å². The van der Waals surface area contributed by atoms with Crippen LogP contribution in [0.15, 0.2) is 48.8 Å². The minimum Gasteiger partial charge on any atom is -0.324 e. The maximum Gasteiger partial charge on any atom is 0.276 e. The molecule has 3 rings (SSSR count). The molecule has 134 valence electrons. The average Bonchev–Trinajstić information content (AvgIpc) is 3.24. The lowest BCUT2D eigenvalue weighted by Crippen LogP contribution is -2.24. The predicted octanol–water partition coefficient (Wildman–Crippen LogP) is 2.38. The van der Waals surface area contributed by atoms with Crippen molar-refractivity contribution in [2.24, 2.45) is 7.05 Å². The van der Waals surface area contributed by atoms with E-state index in [-0.39, 0.29) is 11.8 Å². The number of nitrogens with zero attached hydrogens (tertiary/aromatic N) is 4. The lowest BCUT2D eigenvalue weighted by Gasteiger charge is -2.13. The minimum absolute atomic E-state index is 0.168. The molecule has 0 bridgehead atoms. The molecule has 0 radical (unpaired) electrons. The van der Waals surface area contributed by atoms with Crippen molar-refractivity contribution < 1.29 is 9.59 Å². The van der Waals surface area contributed by atoms with E-state index >= 15 is 0 Å². The summed E-state index contributed by atoms with van der Waals surface area (Å²) in [6, 6.07) is 9.97. The Hall–Kier alpha value is -3.42. The average molecular weight is 352 g/mol.